The van der Waals surface area contributed by atoms with Crippen LogP contribution in [-0.4, -0.2) is 11.5 Å². The molecule has 0 spiro atoms. The molecule has 0 bridgehead atoms. The van der Waals surface area contributed by atoms with E-state index in [1.807, 2.05) is 11.8 Å². The highest BCUT2D eigenvalue weighted by atomic mass is 35.5. The molecular formula is C5H8ClS. The summed E-state index contributed by atoms with van der Waals surface area (Å²) in [6.45, 7) is 0. The molecule has 0 aromatic rings. The summed E-state index contributed by atoms with van der Waals surface area (Å²) in [5.74, 6) is 5.29. The maximum absolute atomic E-state index is 5.37. The Bertz CT molecular complexity index is 52.0. The van der Waals surface area contributed by atoms with Gasteiger partial charge >= 0.3 is 0 Å². The zero-order valence-electron chi connectivity index (χ0n) is 4.06. The van der Waals surface area contributed by atoms with Crippen LogP contribution in [0.25, 0.3) is 0 Å². The van der Waals surface area contributed by atoms with Crippen molar-refractivity contribution in [1.82, 2.24) is 0 Å². The molecular weight excluding hydrogens is 128 g/mol. The first-order chi connectivity index (χ1) is 3.43. The van der Waals surface area contributed by atoms with Gasteiger partial charge in [-0.2, -0.15) is 11.8 Å². The third-order valence-corrected chi connectivity index (χ3v) is 2.72. The summed E-state index contributed by atoms with van der Waals surface area (Å²) < 4.78 is 0. The smallest absolute Gasteiger partial charge is 0.0503 e. The van der Waals surface area contributed by atoms with Crippen molar-refractivity contribution in [1.29, 1.82) is 0 Å². The maximum atomic E-state index is 5.37. The molecule has 0 saturated carbocycles. The summed E-state index contributed by atoms with van der Waals surface area (Å²) >= 11 is 7.38. The van der Waals surface area contributed by atoms with Gasteiger partial charge in [-0.25, -0.2) is 0 Å². The molecule has 0 aromatic carbocycles. The molecule has 0 N–H and O–H groups in total. The molecule has 0 atom stereocenters. The minimum absolute atomic E-state index is 0.905. The monoisotopic (exact) mass is 135 g/mol. The fourth-order valence-corrected chi connectivity index (χ4v) is 1.64. The lowest BCUT2D eigenvalue weighted by Gasteiger charge is -2.22. The molecule has 7 heavy (non-hydrogen) atoms. The predicted molar refractivity (Wildman–Crippen MR) is 35.6 cm³/mol. The van der Waals surface area contributed by atoms with Crippen LogP contribution in [0.3, 0.4) is 0 Å². The van der Waals surface area contributed by atoms with Crippen molar-refractivity contribution in [3.8, 4) is 0 Å². The van der Waals surface area contributed by atoms with Crippen molar-refractivity contribution < 1.29 is 0 Å². The first kappa shape index (κ1) is 5.77. The van der Waals surface area contributed by atoms with Crippen LogP contribution in [-0.2, 0) is 0 Å². The second kappa shape index (κ2) is 2.83. The standard InChI is InChI=1S/C5H8ClS/c6-2-1-5-3-7-4-5/h2,5H,1,3-4H2. The van der Waals surface area contributed by atoms with E-state index in [0.717, 1.165) is 12.3 Å². The molecule has 1 fully saturated rings. The van der Waals surface area contributed by atoms with Gasteiger partial charge in [0.15, 0.2) is 0 Å². The van der Waals surface area contributed by atoms with Gasteiger partial charge in [-0.1, -0.05) is 0 Å². The van der Waals surface area contributed by atoms with Crippen LogP contribution < -0.4 is 0 Å². The highest BCUT2D eigenvalue weighted by molar-refractivity contribution is 8.00. The fraction of sp³-hybridized carbons (Fsp3) is 0.800. The molecule has 2 heteroatoms. The van der Waals surface area contributed by atoms with Crippen LogP contribution in [0, 0.1) is 11.8 Å². The van der Waals surface area contributed by atoms with Crippen molar-refractivity contribution >= 4 is 23.4 Å². The molecule has 0 aliphatic carbocycles. The quantitative estimate of drug-likeness (QED) is 0.559. The zero-order chi connectivity index (χ0) is 5.11. The summed E-state index contributed by atoms with van der Waals surface area (Å²) in [4.78, 5) is 0. The van der Waals surface area contributed by atoms with Gasteiger partial charge in [-0.15, -0.1) is 11.6 Å². The number of rotatable bonds is 2. The van der Waals surface area contributed by atoms with Gasteiger partial charge < -0.3 is 0 Å². The highest BCUT2D eigenvalue weighted by Crippen LogP contribution is 2.28. The molecule has 0 aromatic heterocycles. The normalized spacial score (nSPS) is 21.9. The van der Waals surface area contributed by atoms with E-state index in [4.69, 9.17) is 11.6 Å². The third-order valence-electron chi connectivity index (χ3n) is 1.13. The Morgan fingerprint density at radius 3 is 2.57 bits per heavy atom. The van der Waals surface area contributed by atoms with E-state index in [1.165, 1.54) is 11.5 Å². The third kappa shape index (κ3) is 1.54. The number of hydrogen-bond acceptors (Lipinski definition) is 1. The molecule has 1 heterocycles. The molecule has 0 nitrogen and oxygen atoms in total. The Kier molecular flexibility index (Phi) is 2.33. The van der Waals surface area contributed by atoms with E-state index in [-0.39, 0.29) is 0 Å². The Balaban J connectivity index is 1.93. The first-order valence-corrected chi connectivity index (χ1v) is 4.02. The molecule has 1 aliphatic heterocycles. The maximum Gasteiger partial charge on any atom is 0.0503 e. The molecule has 0 unspecified atom stereocenters. The first-order valence-electron chi connectivity index (χ1n) is 2.43. The average Bonchev–Trinajstić information content (AvgIpc) is 1.55. The van der Waals surface area contributed by atoms with Gasteiger partial charge in [0.1, 0.15) is 0 Å². The van der Waals surface area contributed by atoms with Crippen molar-refractivity contribution in [2.45, 2.75) is 6.42 Å². The topological polar surface area (TPSA) is 0 Å². The van der Waals surface area contributed by atoms with Gasteiger partial charge in [-0.3, -0.25) is 0 Å². The van der Waals surface area contributed by atoms with Crippen molar-refractivity contribution in [2.24, 2.45) is 5.92 Å². The molecule has 0 amide bonds. The van der Waals surface area contributed by atoms with Gasteiger partial charge in [0, 0.05) is 0 Å². The molecule has 41 valence electrons. The van der Waals surface area contributed by atoms with Crippen LogP contribution in [0.5, 0.6) is 0 Å². The van der Waals surface area contributed by atoms with E-state index in [9.17, 15) is 0 Å². The minimum Gasteiger partial charge on any atom is -0.161 e. The van der Waals surface area contributed by atoms with Gasteiger partial charge in [0.2, 0.25) is 0 Å². The highest BCUT2D eigenvalue weighted by Gasteiger charge is 2.16. The Labute approximate surface area is 53.6 Å². The SMILES string of the molecule is Cl[CH]CC1CSC1. The van der Waals surface area contributed by atoms with Crippen molar-refractivity contribution in [3.05, 3.63) is 5.88 Å². The fourth-order valence-electron chi connectivity index (χ4n) is 0.547. The molecule has 1 saturated heterocycles. The second-order valence-electron chi connectivity index (χ2n) is 1.79. The molecule has 1 aliphatic rings. The van der Waals surface area contributed by atoms with E-state index in [0.29, 0.717) is 0 Å². The Morgan fingerprint density at radius 2 is 2.43 bits per heavy atom. The zero-order valence-corrected chi connectivity index (χ0v) is 5.63. The summed E-state index contributed by atoms with van der Waals surface area (Å²) in [6, 6.07) is 0. The average molecular weight is 136 g/mol. The Hall–Kier alpha value is 0.640. The van der Waals surface area contributed by atoms with Crippen molar-refractivity contribution in [3.63, 3.8) is 0 Å². The number of halogens is 1. The molecule has 1 rings (SSSR count). The van der Waals surface area contributed by atoms with E-state index >= 15 is 0 Å². The summed E-state index contributed by atoms with van der Waals surface area (Å²) in [6.07, 6.45) is 1.11. The van der Waals surface area contributed by atoms with Crippen LogP contribution in [0.1, 0.15) is 6.42 Å². The van der Waals surface area contributed by atoms with Gasteiger partial charge in [0.25, 0.3) is 0 Å². The van der Waals surface area contributed by atoms with Crippen molar-refractivity contribution in [2.75, 3.05) is 11.5 Å². The Morgan fingerprint density at radius 1 is 1.71 bits per heavy atom. The van der Waals surface area contributed by atoms with E-state index < -0.39 is 0 Å². The number of hydrogen-bond donors (Lipinski definition) is 0. The van der Waals surface area contributed by atoms with Crippen LogP contribution in [0.4, 0.5) is 0 Å². The number of thioether (sulfide) groups is 1. The predicted octanol–water partition coefficient (Wildman–Crippen LogP) is 2.14. The largest absolute Gasteiger partial charge is 0.161 e. The van der Waals surface area contributed by atoms with Gasteiger partial charge in [0.05, 0.1) is 5.88 Å². The lowest BCUT2D eigenvalue weighted by molar-refractivity contribution is 0.644. The van der Waals surface area contributed by atoms with E-state index in [2.05, 4.69) is 0 Å². The summed E-state index contributed by atoms with van der Waals surface area (Å²) in [7, 11) is 0. The van der Waals surface area contributed by atoms with Crippen LogP contribution >= 0.6 is 23.4 Å². The van der Waals surface area contributed by atoms with E-state index in [1.54, 1.807) is 5.88 Å². The minimum atomic E-state index is 0.905. The van der Waals surface area contributed by atoms with Gasteiger partial charge in [-0.05, 0) is 23.8 Å². The summed E-state index contributed by atoms with van der Waals surface area (Å²) in [5.41, 5.74) is 0. The van der Waals surface area contributed by atoms with Crippen LogP contribution in [0.2, 0.25) is 0 Å². The summed E-state index contributed by atoms with van der Waals surface area (Å²) in [5, 5.41) is 0. The molecule has 1 radical (unpaired) electrons. The lowest BCUT2D eigenvalue weighted by atomic mass is 10.1. The second-order valence-corrected chi connectivity index (χ2v) is 3.18. The lowest BCUT2D eigenvalue weighted by Crippen LogP contribution is -2.16. The van der Waals surface area contributed by atoms with Crippen LogP contribution in [0.15, 0.2) is 0 Å².